The smallest absolute Gasteiger partial charge is 0.235 e. The molecule has 26 heavy (non-hydrogen) atoms. The first-order valence-corrected chi connectivity index (χ1v) is 10.4. The van der Waals surface area contributed by atoms with Gasteiger partial charge < -0.3 is 14.8 Å². The second-order valence-electron chi connectivity index (χ2n) is 6.18. The summed E-state index contributed by atoms with van der Waals surface area (Å²) in [6.07, 6.45) is 1.13. The van der Waals surface area contributed by atoms with Crippen molar-refractivity contribution in [1.29, 1.82) is 0 Å². The fourth-order valence-corrected chi connectivity index (χ4v) is 3.37. The number of morpholine rings is 1. The van der Waals surface area contributed by atoms with Crippen LogP contribution in [0.1, 0.15) is 5.56 Å². The summed E-state index contributed by atoms with van der Waals surface area (Å²) in [6, 6.07) is 7.33. The standard InChI is InChI=1S/C17H27N3O5S/c1-24-16-5-3-15(4-6-16)13-18-17(21)14-20(26(2,22)23)8-7-19-9-11-25-12-10-19/h3-6H,7-14H2,1-2H3,(H,18,21). The molecule has 2 rings (SSSR count). The Morgan fingerprint density at radius 2 is 1.92 bits per heavy atom. The topological polar surface area (TPSA) is 88.2 Å². The van der Waals surface area contributed by atoms with Crippen molar-refractivity contribution in [3.8, 4) is 5.75 Å². The molecule has 146 valence electrons. The number of nitrogens with zero attached hydrogens (tertiary/aromatic N) is 2. The van der Waals surface area contributed by atoms with Crippen molar-refractivity contribution in [2.45, 2.75) is 6.54 Å². The van der Waals surface area contributed by atoms with Crippen LogP contribution >= 0.6 is 0 Å². The van der Waals surface area contributed by atoms with E-state index in [2.05, 4.69) is 10.2 Å². The molecule has 0 spiro atoms. The van der Waals surface area contributed by atoms with Crippen molar-refractivity contribution in [3.63, 3.8) is 0 Å². The molecule has 1 heterocycles. The number of benzene rings is 1. The zero-order chi connectivity index (χ0) is 19.0. The molecule has 0 radical (unpaired) electrons. The summed E-state index contributed by atoms with van der Waals surface area (Å²) in [6.45, 7) is 3.89. The molecule has 1 aromatic rings. The van der Waals surface area contributed by atoms with Crippen molar-refractivity contribution >= 4 is 15.9 Å². The summed E-state index contributed by atoms with van der Waals surface area (Å²) < 4.78 is 35.5. The molecule has 0 aliphatic carbocycles. The Morgan fingerprint density at radius 3 is 2.50 bits per heavy atom. The van der Waals surface area contributed by atoms with E-state index in [9.17, 15) is 13.2 Å². The van der Waals surface area contributed by atoms with Crippen LogP contribution in [0.15, 0.2) is 24.3 Å². The lowest BCUT2D eigenvalue weighted by atomic mass is 10.2. The predicted molar refractivity (Wildman–Crippen MR) is 98.5 cm³/mol. The van der Waals surface area contributed by atoms with Crippen LogP contribution in [0.5, 0.6) is 5.75 Å². The van der Waals surface area contributed by atoms with Crippen molar-refractivity contribution in [2.75, 3.05) is 59.3 Å². The van der Waals surface area contributed by atoms with Crippen LogP contribution in [0.2, 0.25) is 0 Å². The molecule has 0 saturated carbocycles. The number of nitrogens with one attached hydrogen (secondary N) is 1. The average molecular weight is 385 g/mol. The molecule has 0 aromatic heterocycles. The van der Waals surface area contributed by atoms with Crippen LogP contribution < -0.4 is 10.1 Å². The minimum Gasteiger partial charge on any atom is -0.497 e. The van der Waals surface area contributed by atoms with Crippen molar-refractivity contribution < 1.29 is 22.7 Å². The van der Waals surface area contributed by atoms with Gasteiger partial charge in [0, 0.05) is 32.7 Å². The second kappa shape index (κ2) is 9.86. The summed E-state index contributed by atoms with van der Waals surface area (Å²) in [4.78, 5) is 14.3. The summed E-state index contributed by atoms with van der Waals surface area (Å²) in [5.74, 6) is 0.416. The summed E-state index contributed by atoms with van der Waals surface area (Å²) in [5.41, 5.74) is 0.915. The normalized spacial score (nSPS) is 15.8. The minimum absolute atomic E-state index is 0.181. The molecule has 1 N–H and O–H groups in total. The number of amides is 1. The van der Waals surface area contributed by atoms with Crippen LogP contribution in [-0.2, 0) is 26.1 Å². The molecule has 0 atom stereocenters. The fourth-order valence-electron chi connectivity index (χ4n) is 2.60. The quantitative estimate of drug-likeness (QED) is 0.639. The van der Waals surface area contributed by atoms with Gasteiger partial charge in [0.05, 0.1) is 33.1 Å². The van der Waals surface area contributed by atoms with Gasteiger partial charge in [-0.3, -0.25) is 9.69 Å². The van der Waals surface area contributed by atoms with Gasteiger partial charge in [-0.05, 0) is 17.7 Å². The van der Waals surface area contributed by atoms with Gasteiger partial charge in [-0.15, -0.1) is 0 Å². The van der Waals surface area contributed by atoms with Crippen molar-refractivity contribution in [3.05, 3.63) is 29.8 Å². The predicted octanol–water partition coefficient (Wildman–Crippen LogP) is -0.0948. The van der Waals surface area contributed by atoms with E-state index in [1.807, 2.05) is 24.3 Å². The third-order valence-corrected chi connectivity index (χ3v) is 5.46. The Morgan fingerprint density at radius 1 is 1.27 bits per heavy atom. The molecule has 0 bridgehead atoms. The Kier molecular flexibility index (Phi) is 7.83. The molecule has 1 saturated heterocycles. The van der Waals surface area contributed by atoms with Crippen LogP contribution in [0.25, 0.3) is 0 Å². The Balaban J connectivity index is 1.82. The van der Waals surface area contributed by atoms with Crippen LogP contribution in [0, 0.1) is 0 Å². The molecule has 1 aliphatic rings. The molecule has 0 unspecified atom stereocenters. The zero-order valence-corrected chi connectivity index (χ0v) is 16.1. The van der Waals surface area contributed by atoms with E-state index in [0.29, 0.717) is 26.3 Å². The van der Waals surface area contributed by atoms with E-state index < -0.39 is 10.0 Å². The molecule has 1 amide bonds. The van der Waals surface area contributed by atoms with E-state index in [-0.39, 0.29) is 19.0 Å². The largest absolute Gasteiger partial charge is 0.497 e. The van der Waals surface area contributed by atoms with Crippen molar-refractivity contribution in [1.82, 2.24) is 14.5 Å². The van der Waals surface area contributed by atoms with Gasteiger partial charge in [0.15, 0.2) is 0 Å². The van der Waals surface area contributed by atoms with Gasteiger partial charge in [-0.1, -0.05) is 12.1 Å². The highest BCUT2D eigenvalue weighted by atomic mass is 32.2. The molecular weight excluding hydrogens is 358 g/mol. The van der Waals surface area contributed by atoms with Gasteiger partial charge >= 0.3 is 0 Å². The second-order valence-corrected chi connectivity index (χ2v) is 8.16. The average Bonchev–Trinajstić information content (AvgIpc) is 2.63. The van der Waals surface area contributed by atoms with Crippen LogP contribution in [-0.4, -0.2) is 82.8 Å². The molecule has 1 aromatic carbocycles. The highest BCUT2D eigenvalue weighted by molar-refractivity contribution is 7.88. The van der Waals surface area contributed by atoms with Crippen LogP contribution in [0.4, 0.5) is 0 Å². The maximum absolute atomic E-state index is 12.2. The Hall–Kier alpha value is -1.68. The van der Waals surface area contributed by atoms with E-state index in [0.717, 1.165) is 30.7 Å². The summed E-state index contributed by atoms with van der Waals surface area (Å²) >= 11 is 0. The number of carbonyl (C=O) groups excluding carboxylic acids is 1. The van der Waals surface area contributed by atoms with Gasteiger partial charge in [-0.25, -0.2) is 8.42 Å². The first-order valence-electron chi connectivity index (χ1n) is 8.53. The lowest BCUT2D eigenvalue weighted by Gasteiger charge is -2.29. The summed E-state index contributed by atoms with van der Waals surface area (Å²) in [5, 5.41) is 2.76. The van der Waals surface area contributed by atoms with Crippen molar-refractivity contribution in [2.24, 2.45) is 0 Å². The molecular formula is C17H27N3O5S. The van der Waals surface area contributed by atoms with E-state index in [1.54, 1.807) is 7.11 Å². The minimum atomic E-state index is -3.45. The molecule has 8 nitrogen and oxygen atoms in total. The number of ether oxygens (including phenoxy) is 2. The third kappa shape index (κ3) is 6.91. The lowest BCUT2D eigenvalue weighted by Crippen LogP contribution is -2.45. The highest BCUT2D eigenvalue weighted by Crippen LogP contribution is 2.11. The zero-order valence-electron chi connectivity index (χ0n) is 15.3. The van der Waals surface area contributed by atoms with E-state index in [4.69, 9.17) is 9.47 Å². The number of rotatable bonds is 9. The first kappa shape index (κ1) is 20.6. The highest BCUT2D eigenvalue weighted by Gasteiger charge is 2.21. The monoisotopic (exact) mass is 385 g/mol. The fraction of sp³-hybridized carbons (Fsp3) is 0.588. The number of methoxy groups -OCH3 is 1. The van der Waals surface area contributed by atoms with Gasteiger partial charge in [0.25, 0.3) is 0 Å². The number of hydrogen-bond acceptors (Lipinski definition) is 6. The summed E-state index contributed by atoms with van der Waals surface area (Å²) in [7, 11) is -1.86. The molecule has 9 heteroatoms. The van der Waals surface area contributed by atoms with Gasteiger partial charge in [-0.2, -0.15) is 4.31 Å². The van der Waals surface area contributed by atoms with Crippen LogP contribution in [0.3, 0.4) is 0 Å². The number of carbonyl (C=O) groups is 1. The first-order chi connectivity index (χ1) is 12.4. The van der Waals surface area contributed by atoms with E-state index >= 15 is 0 Å². The maximum Gasteiger partial charge on any atom is 0.235 e. The maximum atomic E-state index is 12.2. The third-order valence-electron chi connectivity index (χ3n) is 4.21. The van der Waals surface area contributed by atoms with Gasteiger partial charge in [0.2, 0.25) is 15.9 Å². The van der Waals surface area contributed by atoms with E-state index in [1.165, 1.54) is 4.31 Å². The lowest BCUT2D eigenvalue weighted by molar-refractivity contribution is -0.121. The Bertz CT molecular complexity index is 672. The molecule has 1 aliphatic heterocycles. The number of sulfonamides is 1. The Labute approximate surface area is 155 Å². The SMILES string of the molecule is COc1ccc(CNC(=O)CN(CCN2CCOCC2)S(C)(=O)=O)cc1. The molecule has 1 fully saturated rings. The van der Waals surface area contributed by atoms with Gasteiger partial charge in [0.1, 0.15) is 5.75 Å². The number of hydrogen-bond donors (Lipinski definition) is 1.